The fourth-order valence-corrected chi connectivity index (χ4v) is 5.27. The van der Waals surface area contributed by atoms with E-state index >= 15 is 0 Å². The number of nitrogens with one attached hydrogen (secondary N) is 2. The monoisotopic (exact) mass is 515 g/mol. The lowest BCUT2D eigenvalue weighted by molar-refractivity contribution is 0.201. The Morgan fingerprint density at radius 2 is 1.87 bits per heavy atom. The van der Waals surface area contributed by atoms with E-state index in [0.717, 1.165) is 64.1 Å². The molecule has 5 rings (SSSR count). The van der Waals surface area contributed by atoms with Crippen LogP contribution in [0.4, 0.5) is 17.5 Å². The van der Waals surface area contributed by atoms with E-state index in [0.29, 0.717) is 40.8 Å². The first-order valence-corrected chi connectivity index (χ1v) is 13.0. The number of nitriles is 1. The predicted octanol–water partition coefficient (Wildman–Crippen LogP) is 2.03. The van der Waals surface area contributed by atoms with Crippen LogP contribution < -0.4 is 27.4 Å². The summed E-state index contributed by atoms with van der Waals surface area (Å²) in [7, 11) is 0. The highest BCUT2D eigenvalue weighted by atomic mass is 16.1. The van der Waals surface area contributed by atoms with E-state index in [1.54, 1.807) is 6.20 Å². The van der Waals surface area contributed by atoms with Crippen molar-refractivity contribution in [2.24, 2.45) is 28.5 Å². The summed E-state index contributed by atoms with van der Waals surface area (Å²) >= 11 is 0. The molecule has 2 aliphatic rings. The standard InChI is InChI=1S/C26H33N11O/c27-10-5-17-6-13-37(14-7-17)26-32-21-15-30-35-25(38)22(21)24(33-26)31-20-3-1-18(2-4-20)16-36-11-8-19(9-12-36)23(28)34-29/h1-4,15,17,19H,5-9,11-14,16,29H2,(H2,28,34)(H,35,38)(H,31,32,33). The number of fused-ring (bicyclic) bond motifs is 1. The van der Waals surface area contributed by atoms with Crippen LogP contribution in [0.2, 0.25) is 0 Å². The number of likely N-dealkylation sites (tertiary alicyclic amines) is 1. The Morgan fingerprint density at radius 1 is 1.13 bits per heavy atom. The van der Waals surface area contributed by atoms with Crippen molar-refractivity contribution in [1.29, 1.82) is 5.26 Å². The molecule has 0 bridgehead atoms. The molecule has 3 aromatic rings. The molecule has 2 fully saturated rings. The van der Waals surface area contributed by atoms with Crippen molar-refractivity contribution in [2.45, 2.75) is 38.6 Å². The number of piperidine rings is 2. The molecule has 0 saturated carbocycles. The van der Waals surface area contributed by atoms with E-state index < -0.39 is 0 Å². The number of aromatic nitrogens is 4. The van der Waals surface area contributed by atoms with Gasteiger partial charge in [0, 0.05) is 37.7 Å². The van der Waals surface area contributed by atoms with Gasteiger partial charge in [-0.2, -0.15) is 20.4 Å². The molecule has 12 nitrogen and oxygen atoms in total. The van der Waals surface area contributed by atoms with Gasteiger partial charge in [-0.1, -0.05) is 12.1 Å². The maximum Gasteiger partial charge on any atom is 0.277 e. The zero-order chi connectivity index (χ0) is 26.5. The Balaban J connectivity index is 1.30. The number of hydrogen-bond donors (Lipinski definition) is 4. The number of hydrazone groups is 1. The number of benzene rings is 1. The minimum absolute atomic E-state index is 0.262. The summed E-state index contributed by atoms with van der Waals surface area (Å²) in [5.41, 5.74) is 8.06. The van der Waals surface area contributed by atoms with Gasteiger partial charge in [-0.3, -0.25) is 9.69 Å². The number of aromatic amines is 1. The van der Waals surface area contributed by atoms with Gasteiger partial charge in [0.15, 0.2) is 0 Å². The molecule has 12 heteroatoms. The maximum atomic E-state index is 12.6. The lowest BCUT2D eigenvalue weighted by atomic mass is 9.94. The topological polar surface area (TPSA) is 178 Å². The van der Waals surface area contributed by atoms with Gasteiger partial charge >= 0.3 is 0 Å². The van der Waals surface area contributed by atoms with Crippen molar-refractivity contribution in [3.8, 4) is 6.07 Å². The summed E-state index contributed by atoms with van der Waals surface area (Å²) in [5.74, 6) is 7.54. The highest BCUT2D eigenvalue weighted by Crippen LogP contribution is 2.28. The first kappa shape index (κ1) is 25.4. The molecule has 1 aromatic carbocycles. The van der Waals surface area contributed by atoms with Crippen molar-refractivity contribution in [2.75, 3.05) is 36.4 Å². The van der Waals surface area contributed by atoms with E-state index in [4.69, 9.17) is 21.8 Å². The summed E-state index contributed by atoms with van der Waals surface area (Å²) in [6.45, 7) is 4.28. The molecule has 4 heterocycles. The van der Waals surface area contributed by atoms with E-state index in [2.05, 4.69) is 53.6 Å². The summed E-state index contributed by atoms with van der Waals surface area (Å²) in [4.78, 5) is 26.5. The van der Waals surface area contributed by atoms with Crippen molar-refractivity contribution in [3.05, 3.63) is 46.4 Å². The Labute approximate surface area is 220 Å². The van der Waals surface area contributed by atoms with E-state index in [1.807, 2.05) is 12.1 Å². The van der Waals surface area contributed by atoms with Gasteiger partial charge in [0.2, 0.25) is 5.95 Å². The lowest BCUT2D eigenvalue weighted by Crippen LogP contribution is -2.38. The largest absolute Gasteiger partial charge is 0.386 e. The SMILES string of the molecule is N#CCC1CCN(c2nc(Nc3ccc(CN4CCC(/C(N)=N/N)CC4)cc3)c3c(=O)[nH]ncc3n2)CC1. The molecule has 0 unspecified atom stereocenters. The van der Waals surface area contributed by atoms with Gasteiger partial charge in [-0.05, 0) is 62.4 Å². The van der Waals surface area contributed by atoms with Gasteiger partial charge in [-0.15, -0.1) is 0 Å². The average Bonchev–Trinajstić information content (AvgIpc) is 2.94. The second kappa shape index (κ2) is 11.4. The van der Waals surface area contributed by atoms with Crippen molar-refractivity contribution >= 4 is 34.2 Å². The molecule has 2 aromatic heterocycles. The molecule has 0 amide bonds. The molecule has 2 aliphatic heterocycles. The van der Waals surface area contributed by atoms with E-state index in [9.17, 15) is 4.79 Å². The van der Waals surface area contributed by atoms with Crippen molar-refractivity contribution in [1.82, 2.24) is 25.1 Å². The van der Waals surface area contributed by atoms with Gasteiger partial charge in [0.25, 0.3) is 5.56 Å². The zero-order valence-electron chi connectivity index (χ0n) is 21.3. The molecular weight excluding hydrogens is 482 g/mol. The first-order valence-electron chi connectivity index (χ1n) is 13.0. The Hall–Kier alpha value is -4.24. The fraction of sp³-hybridized carbons (Fsp3) is 0.462. The van der Waals surface area contributed by atoms with Crippen LogP contribution in [0.3, 0.4) is 0 Å². The third kappa shape index (κ3) is 5.68. The smallest absolute Gasteiger partial charge is 0.277 e. The van der Waals surface area contributed by atoms with Gasteiger partial charge in [0.05, 0.1) is 12.3 Å². The quantitative estimate of drug-likeness (QED) is 0.157. The summed E-state index contributed by atoms with van der Waals surface area (Å²) in [6, 6.07) is 10.4. The van der Waals surface area contributed by atoms with Crippen LogP contribution in [0.25, 0.3) is 10.9 Å². The Kier molecular flexibility index (Phi) is 7.65. The lowest BCUT2D eigenvalue weighted by Gasteiger charge is -2.31. The molecule has 198 valence electrons. The molecule has 0 atom stereocenters. The summed E-state index contributed by atoms with van der Waals surface area (Å²) < 4.78 is 0. The molecular formula is C26H33N11O. The minimum atomic E-state index is -0.343. The van der Waals surface area contributed by atoms with E-state index in [-0.39, 0.29) is 11.5 Å². The molecule has 6 N–H and O–H groups in total. The second-order valence-electron chi connectivity index (χ2n) is 10.1. The van der Waals surface area contributed by atoms with Crippen molar-refractivity contribution < 1.29 is 0 Å². The normalized spacial score (nSPS) is 18.0. The molecule has 0 spiro atoms. The van der Waals surface area contributed by atoms with Crippen LogP contribution in [-0.4, -0.2) is 57.1 Å². The molecule has 2 saturated heterocycles. The van der Waals surface area contributed by atoms with Crippen molar-refractivity contribution in [3.63, 3.8) is 0 Å². The van der Waals surface area contributed by atoms with Crippen LogP contribution in [0.15, 0.2) is 40.4 Å². The number of nitrogens with zero attached hydrogens (tertiary/aromatic N) is 7. The van der Waals surface area contributed by atoms with E-state index in [1.165, 1.54) is 5.56 Å². The maximum absolute atomic E-state index is 12.6. The second-order valence-corrected chi connectivity index (χ2v) is 10.1. The highest BCUT2D eigenvalue weighted by molar-refractivity contribution is 5.90. The van der Waals surface area contributed by atoms with Crippen LogP contribution in [0.1, 0.15) is 37.7 Å². The van der Waals surface area contributed by atoms with Crippen LogP contribution in [0.5, 0.6) is 0 Å². The van der Waals surface area contributed by atoms with Crippen LogP contribution >= 0.6 is 0 Å². The number of rotatable bonds is 7. The number of nitrogens with two attached hydrogens (primary N) is 2. The van der Waals surface area contributed by atoms with Gasteiger partial charge in [0.1, 0.15) is 22.6 Å². The molecule has 0 aliphatic carbocycles. The number of hydrogen-bond acceptors (Lipinski definition) is 10. The third-order valence-corrected chi connectivity index (χ3v) is 7.56. The number of amidine groups is 1. The number of H-pyrrole nitrogens is 1. The number of anilines is 3. The minimum Gasteiger partial charge on any atom is -0.386 e. The Bertz CT molecular complexity index is 1380. The average molecular weight is 516 g/mol. The fourth-order valence-electron chi connectivity index (χ4n) is 5.27. The predicted molar refractivity (Wildman–Crippen MR) is 147 cm³/mol. The van der Waals surface area contributed by atoms with Gasteiger partial charge < -0.3 is 21.8 Å². The molecule has 0 radical (unpaired) electrons. The zero-order valence-corrected chi connectivity index (χ0v) is 21.3. The van der Waals surface area contributed by atoms with Crippen LogP contribution in [-0.2, 0) is 6.54 Å². The third-order valence-electron chi connectivity index (χ3n) is 7.56. The highest BCUT2D eigenvalue weighted by Gasteiger charge is 2.24. The molecule has 38 heavy (non-hydrogen) atoms. The Morgan fingerprint density at radius 3 is 2.55 bits per heavy atom. The van der Waals surface area contributed by atoms with Crippen LogP contribution in [0, 0.1) is 23.2 Å². The summed E-state index contributed by atoms with van der Waals surface area (Å²) in [6.07, 6.45) is 5.86. The van der Waals surface area contributed by atoms with Gasteiger partial charge in [-0.25, -0.2) is 10.1 Å². The first-order chi connectivity index (χ1) is 18.5. The summed E-state index contributed by atoms with van der Waals surface area (Å²) in [5, 5.41) is 22.8.